The molecule has 0 N–H and O–H groups in total. The van der Waals surface area contributed by atoms with E-state index in [1.807, 2.05) is 26.0 Å². The molecule has 1 saturated carbocycles. The molecule has 0 saturated heterocycles. The first-order chi connectivity index (χ1) is 15.4. The van der Waals surface area contributed by atoms with E-state index in [4.69, 9.17) is 9.47 Å². The summed E-state index contributed by atoms with van der Waals surface area (Å²) in [6.07, 6.45) is 0.482. The van der Waals surface area contributed by atoms with Crippen LogP contribution in [0.2, 0.25) is 0 Å². The summed E-state index contributed by atoms with van der Waals surface area (Å²) in [5, 5.41) is 0. The van der Waals surface area contributed by atoms with E-state index >= 15 is 0 Å². The molecular weight excluding hydrogens is 442 g/mol. The number of carbonyl (C=O) groups excluding carboxylic acids is 2. The molecule has 1 fully saturated rings. The Morgan fingerprint density at radius 3 is 2.18 bits per heavy atom. The van der Waals surface area contributed by atoms with Crippen molar-refractivity contribution in [1.29, 1.82) is 0 Å². The Balaban J connectivity index is 2.11. The molecule has 3 rings (SSSR count). The molecule has 1 aliphatic carbocycles. The fourth-order valence-electron chi connectivity index (χ4n) is 3.37. The second kappa shape index (κ2) is 9.55. The van der Waals surface area contributed by atoms with Gasteiger partial charge in [0.05, 0.1) is 10.8 Å². The lowest BCUT2D eigenvalue weighted by Crippen LogP contribution is -2.45. The van der Waals surface area contributed by atoms with Crippen LogP contribution >= 0.6 is 0 Å². The Bertz CT molecular complexity index is 1110. The number of hydrogen-bond acceptors (Lipinski definition) is 6. The minimum Gasteiger partial charge on any atom is -0.463 e. The molecule has 0 radical (unpaired) electrons. The SMILES string of the molecule is Cc1ccc(S(=O)(=O)N(C(=O)OC(C)(C)C)[C@@H](COC(=O)C2CC2)c2ccccc2C)cc1. The summed E-state index contributed by atoms with van der Waals surface area (Å²) in [5.74, 6) is -0.545. The number of aryl methyl sites for hydroxylation is 2. The number of esters is 1. The lowest BCUT2D eigenvalue weighted by atomic mass is 10.0. The van der Waals surface area contributed by atoms with Crippen molar-refractivity contribution in [1.82, 2.24) is 4.31 Å². The van der Waals surface area contributed by atoms with Gasteiger partial charge < -0.3 is 9.47 Å². The van der Waals surface area contributed by atoms with Crippen LogP contribution in [0.4, 0.5) is 4.79 Å². The highest BCUT2D eigenvalue weighted by molar-refractivity contribution is 7.89. The predicted octanol–water partition coefficient (Wildman–Crippen LogP) is 4.92. The van der Waals surface area contributed by atoms with Gasteiger partial charge in [-0.05, 0) is 70.7 Å². The molecule has 0 unspecified atom stereocenters. The standard InChI is InChI=1S/C25H31NO6S/c1-17-10-14-20(15-11-17)33(29,30)26(24(28)32-25(3,4)5)22(16-31-23(27)19-12-13-19)21-9-7-6-8-18(21)2/h6-11,14-15,19,22H,12-13,16H2,1-5H3/t22-/m0/s1. The van der Waals surface area contributed by atoms with Crippen molar-refractivity contribution in [3.8, 4) is 0 Å². The third-order valence-corrected chi connectivity index (χ3v) is 7.07. The summed E-state index contributed by atoms with van der Waals surface area (Å²) < 4.78 is 39.3. The first-order valence-corrected chi connectivity index (χ1v) is 12.4. The van der Waals surface area contributed by atoms with Crippen LogP contribution in [0, 0.1) is 19.8 Å². The first kappa shape index (κ1) is 24.8. The van der Waals surface area contributed by atoms with Gasteiger partial charge in [0.15, 0.2) is 0 Å². The van der Waals surface area contributed by atoms with Gasteiger partial charge in [0.1, 0.15) is 18.2 Å². The van der Waals surface area contributed by atoms with E-state index in [1.54, 1.807) is 45.0 Å². The highest BCUT2D eigenvalue weighted by Crippen LogP contribution is 2.34. The van der Waals surface area contributed by atoms with Crippen LogP contribution in [0.15, 0.2) is 53.4 Å². The second-order valence-electron chi connectivity index (χ2n) is 9.37. The molecule has 178 valence electrons. The van der Waals surface area contributed by atoms with Crippen molar-refractivity contribution in [2.24, 2.45) is 5.92 Å². The molecule has 33 heavy (non-hydrogen) atoms. The van der Waals surface area contributed by atoms with Crippen molar-refractivity contribution in [3.63, 3.8) is 0 Å². The van der Waals surface area contributed by atoms with Crippen LogP contribution in [-0.4, -0.2) is 37.0 Å². The number of hydrogen-bond donors (Lipinski definition) is 0. The lowest BCUT2D eigenvalue weighted by Gasteiger charge is -2.33. The molecule has 0 spiro atoms. The van der Waals surface area contributed by atoms with E-state index in [2.05, 4.69) is 0 Å². The lowest BCUT2D eigenvalue weighted by molar-refractivity contribution is -0.146. The van der Waals surface area contributed by atoms with Gasteiger partial charge in [-0.1, -0.05) is 42.0 Å². The van der Waals surface area contributed by atoms with E-state index < -0.39 is 27.8 Å². The van der Waals surface area contributed by atoms with Gasteiger partial charge in [-0.3, -0.25) is 4.79 Å². The molecule has 1 amide bonds. The Kier molecular flexibility index (Phi) is 7.17. The van der Waals surface area contributed by atoms with Gasteiger partial charge in [-0.15, -0.1) is 0 Å². The summed E-state index contributed by atoms with van der Waals surface area (Å²) in [5.41, 5.74) is 1.27. The predicted molar refractivity (Wildman–Crippen MR) is 124 cm³/mol. The fraction of sp³-hybridized carbons (Fsp3) is 0.440. The monoisotopic (exact) mass is 473 g/mol. The van der Waals surface area contributed by atoms with Crippen molar-refractivity contribution in [2.75, 3.05) is 6.61 Å². The van der Waals surface area contributed by atoms with Crippen molar-refractivity contribution in [3.05, 3.63) is 65.2 Å². The molecule has 2 aromatic carbocycles. The molecule has 1 aliphatic rings. The van der Waals surface area contributed by atoms with Crippen LogP contribution in [0.3, 0.4) is 0 Å². The summed E-state index contributed by atoms with van der Waals surface area (Å²) in [6, 6.07) is 12.3. The number of amides is 1. The van der Waals surface area contributed by atoms with E-state index in [0.717, 1.165) is 24.0 Å². The maximum Gasteiger partial charge on any atom is 0.425 e. The summed E-state index contributed by atoms with van der Waals surface area (Å²) in [7, 11) is -4.34. The van der Waals surface area contributed by atoms with E-state index in [9.17, 15) is 18.0 Å². The number of benzene rings is 2. The highest BCUT2D eigenvalue weighted by Gasteiger charge is 2.41. The van der Waals surface area contributed by atoms with Crippen LogP contribution < -0.4 is 0 Å². The molecule has 1 atom stereocenters. The summed E-state index contributed by atoms with van der Waals surface area (Å²) >= 11 is 0. The number of carbonyl (C=O) groups is 2. The minimum absolute atomic E-state index is 0.0499. The zero-order chi connectivity index (χ0) is 24.4. The smallest absolute Gasteiger partial charge is 0.425 e. The molecule has 0 aliphatic heterocycles. The highest BCUT2D eigenvalue weighted by atomic mass is 32.2. The fourth-order valence-corrected chi connectivity index (χ4v) is 4.82. The quantitative estimate of drug-likeness (QED) is 0.530. The average Bonchev–Trinajstić information content (AvgIpc) is 3.55. The van der Waals surface area contributed by atoms with Crippen LogP contribution in [0.1, 0.15) is 56.3 Å². The Morgan fingerprint density at radius 2 is 1.64 bits per heavy atom. The largest absolute Gasteiger partial charge is 0.463 e. The molecule has 0 bridgehead atoms. The zero-order valence-corrected chi connectivity index (χ0v) is 20.5. The summed E-state index contributed by atoms with van der Waals surface area (Å²) in [4.78, 5) is 25.6. The van der Waals surface area contributed by atoms with Crippen molar-refractivity contribution in [2.45, 2.75) is 64.0 Å². The van der Waals surface area contributed by atoms with Gasteiger partial charge in [0, 0.05) is 0 Å². The average molecular weight is 474 g/mol. The van der Waals surface area contributed by atoms with Crippen LogP contribution in [0.25, 0.3) is 0 Å². The number of rotatable bonds is 7. The normalized spacial score (nSPS) is 14.9. The number of sulfonamides is 1. The molecule has 2 aromatic rings. The van der Waals surface area contributed by atoms with Crippen LogP contribution in [0.5, 0.6) is 0 Å². The van der Waals surface area contributed by atoms with Gasteiger partial charge in [0.25, 0.3) is 10.0 Å². The molecule has 0 aromatic heterocycles. The number of ether oxygens (including phenoxy) is 2. The zero-order valence-electron chi connectivity index (χ0n) is 19.7. The molecule has 0 heterocycles. The van der Waals surface area contributed by atoms with E-state index in [0.29, 0.717) is 9.87 Å². The summed E-state index contributed by atoms with van der Waals surface area (Å²) in [6.45, 7) is 8.35. The third kappa shape index (κ3) is 6.13. The minimum atomic E-state index is -4.34. The first-order valence-electron chi connectivity index (χ1n) is 11.0. The van der Waals surface area contributed by atoms with Gasteiger partial charge in [0.2, 0.25) is 0 Å². The van der Waals surface area contributed by atoms with E-state index in [-0.39, 0.29) is 23.4 Å². The maximum absolute atomic E-state index is 13.8. The third-order valence-electron chi connectivity index (χ3n) is 5.28. The Hall–Kier alpha value is -2.87. The van der Waals surface area contributed by atoms with Crippen LogP contribution in [-0.2, 0) is 24.3 Å². The number of nitrogens with zero attached hydrogens (tertiary/aromatic N) is 1. The van der Waals surface area contributed by atoms with Gasteiger partial charge in [-0.2, -0.15) is 4.31 Å². The molecular formula is C25H31NO6S. The molecule has 7 nitrogen and oxygen atoms in total. The molecule has 8 heteroatoms. The van der Waals surface area contributed by atoms with Gasteiger partial charge >= 0.3 is 12.1 Å². The maximum atomic E-state index is 13.8. The second-order valence-corrected chi connectivity index (χ2v) is 11.2. The van der Waals surface area contributed by atoms with Crippen molar-refractivity contribution < 1.29 is 27.5 Å². The van der Waals surface area contributed by atoms with Gasteiger partial charge in [-0.25, -0.2) is 13.2 Å². The van der Waals surface area contributed by atoms with Crippen molar-refractivity contribution >= 4 is 22.1 Å². The van der Waals surface area contributed by atoms with E-state index in [1.165, 1.54) is 12.1 Å². The Morgan fingerprint density at radius 1 is 1.03 bits per heavy atom. The Labute approximate surface area is 195 Å². The topological polar surface area (TPSA) is 90.0 Å².